The summed E-state index contributed by atoms with van der Waals surface area (Å²) in [6.45, 7) is 0. The topological polar surface area (TPSA) is 63.5 Å². The number of nitrogens with zero attached hydrogens (tertiary/aromatic N) is 2. The monoisotopic (exact) mass is 343 g/mol. The van der Waals surface area contributed by atoms with Crippen molar-refractivity contribution < 1.29 is 9.59 Å². The van der Waals surface area contributed by atoms with Crippen LogP contribution in [-0.2, 0) is 16.6 Å². The van der Waals surface area contributed by atoms with Gasteiger partial charge in [0.2, 0.25) is 10.7 Å². The largest absolute Gasteiger partial charge is 0.318 e. The highest BCUT2D eigenvalue weighted by atomic mass is 32.1. The molecule has 2 atom stereocenters. The number of ketones is 1. The lowest BCUT2D eigenvalue weighted by Gasteiger charge is -2.36. The first-order valence-electron chi connectivity index (χ1n) is 8.55. The molecule has 2 unspecified atom stereocenters. The number of rotatable bonds is 2. The van der Waals surface area contributed by atoms with Crippen LogP contribution in [0.3, 0.4) is 0 Å². The summed E-state index contributed by atoms with van der Waals surface area (Å²) in [7, 11) is 1.95. The second kappa shape index (κ2) is 6.16. The van der Waals surface area contributed by atoms with E-state index in [-0.39, 0.29) is 23.7 Å². The summed E-state index contributed by atoms with van der Waals surface area (Å²) in [5.41, 5.74) is 3.84. The lowest BCUT2D eigenvalue weighted by Crippen LogP contribution is -2.42. The van der Waals surface area contributed by atoms with Gasteiger partial charge in [-0.2, -0.15) is 0 Å². The van der Waals surface area contributed by atoms with Gasteiger partial charge in [0.15, 0.2) is 0 Å². The Morgan fingerprint density at radius 3 is 2.67 bits per heavy atom. The molecule has 1 N–H and O–H groups in total. The third-order valence-electron chi connectivity index (χ3n) is 5.40. The Bertz CT molecular complexity index is 851. The van der Waals surface area contributed by atoms with Crippen molar-refractivity contribution in [1.82, 2.24) is 9.99 Å². The van der Waals surface area contributed by atoms with E-state index in [1.165, 1.54) is 0 Å². The SMILES string of the molecule is Cn1/c(=N/NC(=O)C2CC3CCCC(C2)C3=O)sc2ccccc21. The molecule has 0 radical (unpaired) electrons. The van der Waals surface area contributed by atoms with Gasteiger partial charge in [-0.15, -0.1) is 5.10 Å². The van der Waals surface area contributed by atoms with Crippen molar-refractivity contribution in [3.8, 4) is 0 Å². The van der Waals surface area contributed by atoms with Crippen LogP contribution >= 0.6 is 11.3 Å². The minimum Gasteiger partial charge on any atom is -0.318 e. The maximum atomic E-state index is 12.5. The summed E-state index contributed by atoms with van der Waals surface area (Å²) in [4.78, 5) is 25.4. The van der Waals surface area contributed by atoms with Gasteiger partial charge in [-0.3, -0.25) is 9.59 Å². The van der Waals surface area contributed by atoms with Crippen molar-refractivity contribution in [3.05, 3.63) is 29.1 Å². The Balaban J connectivity index is 1.52. The summed E-state index contributed by atoms with van der Waals surface area (Å²) < 4.78 is 3.13. The van der Waals surface area contributed by atoms with Gasteiger partial charge in [-0.1, -0.05) is 29.9 Å². The third kappa shape index (κ3) is 2.69. The Labute approximate surface area is 144 Å². The van der Waals surface area contributed by atoms with Gasteiger partial charge in [-0.05, 0) is 37.8 Å². The lowest BCUT2D eigenvalue weighted by atomic mass is 9.67. The summed E-state index contributed by atoms with van der Waals surface area (Å²) in [5.74, 6) is 0.443. The smallest absolute Gasteiger partial charge is 0.243 e. The average molecular weight is 343 g/mol. The second-order valence-corrected chi connectivity index (χ2v) is 7.90. The molecule has 1 aromatic carbocycles. The zero-order chi connectivity index (χ0) is 16.7. The number of Topliss-reactive ketones (excluding diaryl/α,β-unsaturated/α-hetero) is 1. The summed E-state index contributed by atoms with van der Waals surface area (Å²) in [6, 6.07) is 8.09. The minimum atomic E-state index is -0.0820. The first kappa shape index (κ1) is 15.6. The van der Waals surface area contributed by atoms with Crippen molar-refractivity contribution in [3.63, 3.8) is 0 Å². The molecule has 24 heavy (non-hydrogen) atoms. The molecule has 0 aliphatic heterocycles. The van der Waals surface area contributed by atoms with Crippen molar-refractivity contribution in [2.75, 3.05) is 0 Å². The molecule has 0 spiro atoms. The van der Waals surface area contributed by atoms with Crippen LogP contribution in [0.4, 0.5) is 0 Å². The van der Waals surface area contributed by atoms with E-state index in [9.17, 15) is 9.59 Å². The van der Waals surface area contributed by atoms with Gasteiger partial charge >= 0.3 is 0 Å². The molecule has 2 fully saturated rings. The van der Waals surface area contributed by atoms with Crippen LogP contribution in [-0.4, -0.2) is 16.3 Å². The number of amides is 1. The van der Waals surface area contributed by atoms with E-state index in [0.717, 1.165) is 34.3 Å². The molecule has 1 aromatic heterocycles. The number of hydrogen-bond acceptors (Lipinski definition) is 4. The molecular weight excluding hydrogens is 322 g/mol. The van der Waals surface area contributed by atoms with Crippen molar-refractivity contribution in [1.29, 1.82) is 0 Å². The van der Waals surface area contributed by atoms with Crippen molar-refractivity contribution >= 4 is 33.2 Å². The lowest BCUT2D eigenvalue weighted by molar-refractivity contribution is -0.137. The number of carbonyl (C=O) groups is 2. The maximum absolute atomic E-state index is 12.5. The first-order chi connectivity index (χ1) is 11.6. The summed E-state index contributed by atoms with van der Waals surface area (Å²) in [5, 5.41) is 4.33. The van der Waals surface area contributed by atoms with E-state index in [2.05, 4.69) is 16.6 Å². The fourth-order valence-electron chi connectivity index (χ4n) is 4.08. The number of thiazole rings is 1. The molecule has 2 saturated carbocycles. The number of hydrogen-bond donors (Lipinski definition) is 1. The van der Waals surface area contributed by atoms with Crippen LogP contribution in [0.1, 0.15) is 32.1 Å². The number of aromatic nitrogens is 1. The molecule has 2 aromatic rings. The fourth-order valence-corrected chi connectivity index (χ4v) is 5.06. The van der Waals surface area contributed by atoms with Gasteiger partial charge in [0.25, 0.3) is 0 Å². The predicted molar refractivity (Wildman–Crippen MR) is 93.1 cm³/mol. The van der Waals surface area contributed by atoms with Crippen LogP contribution < -0.4 is 10.2 Å². The van der Waals surface area contributed by atoms with Gasteiger partial charge in [0.1, 0.15) is 5.78 Å². The third-order valence-corrected chi connectivity index (χ3v) is 6.51. The normalized spacial score (nSPS) is 27.5. The van der Waals surface area contributed by atoms with Crippen molar-refractivity contribution in [2.24, 2.45) is 29.9 Å². The summed E-state index contributed by atoms with van der Waals surface area (Å²) >= 11 is 1.56. The molecule has 126 valence electrons. The number of para-hydroxylation sites is 1. The number of nitrogens with one attached hydrogen (secondary N) is 1. The highest BCUT2D eigenvalue weighted by Gasteiger charge is 2.41. The highest BCUT2D eigenvalue weighted by Crippen LogP contribution is 2.40. The standard InChI is InChI=1S/C18H21N3O2S/c1-21-14-7-2-3-8-15(14)24-18(21)20-19-17(23)13-9-11-5-4-6-12(10-13)16(11)22/h2-3,7-8,11-13H,4-6,9-10H2,1H3,(H,19,23)/b20-18-. The number of fused-ring (bicyclic) bond motifs is 3. The molecular formula is C18H21N3O2S. The van der Waals surface area contributed by atoms with Crippen LogP contribution in [0.25, 0.3) is 10.2 Å². The Kier molecular flexibility index (Phi) is 4.00. The average Bonchev–Trinajstić information content (AvgIpc) is 2.89. The predicted octanol–water partition coefficient (Wildman–Crippen LogP) is 2.57. The molecule has 1 amide bonds. The number of aryl methyl sites for hydroxylation is 1. The molecule has 0 saturated heterocycles. The quantitative estimate of drug-likeness (QED) is 0.852. The van der Waals surface area contributed by atoms with Gasteiger partial charge < -0.3 is 4.57 Å². The molecule has 5 nitrogen and oxygen atoms in total. The van der Waals surface area contributed by atoms with Crippen LogP contribution in [0, 0.1) is 17.8 Å². The molecule has 6 heteroatoms. The Hall–Kier alpha value is -1.95. The van der Waals surface area contributed by atoms with E-state index in [1.807, 2.05) is 29.8 Å². The zero-order valence-corrected chi connectivity index (χ0v) is 14.5. The molecule has 2 bridgehead atoms. The summed E-state index contributed by atoms with van der Waals surface area (Å²) in [6.07, 6.45) is 4.39. The van der Waals surface area contributed by atoms with Crippen LogP contribution in [0.2, 0.25) is 0 Å². The van der Waals surface area contributed by atoms with Gasteiger partial charge in [0, 0.05) is 24.8 Å². The fraction of sp³-hybridized carbons (Fsp3) is 0.500. The maximum Gasteiger partial charge on any atom is 0.243 e. The van der Waals surface area contributed by atoms with Crippen LogP contribution in [0.15, 0.2) is 29.4 Å². The Morgan fingerprint density at radius 1 is 1.25 bits per heavy atom. The number of benzene rings is 1. The zero-order valence-electron chi connectivity index (χ0n) is 13.7. The van der Waals surface area contributed by atoms with Gasteiger partial charge in [0.05, 0.1) is 10.2 Å². The Morgan fingerprint density at radius 2 is 1.96 bits per heavy atom. The van der Waals surface area contributed by atoms with E-state index in [1.54, 1.807) is 11.3 Å². The minimum absolute atomic E-state index is 0.0446. The van der Waals surface area contributed by atoms with Crippen LogP contribution in [0.5, 0.6) is 0 Å². The second-order valence-electron chi connectivity index (χ2n) is 6.89. The van der Waals surface area contributed by atoms with Gasteiger partial charge in [-0.25, -0.2) is 5.43 Å². The van der Waals surface area contributed by atoms with E-state index in [0.29, 0.717) is 18.6 Å². The van der Waals surface area contributed by atoms with E-state index < -0.39 is 0 Å². The molecule has 2 aliphatic rings. The molecule has 2 aliphatic carbocycles. The van der Waals surface area contributed by atoms with E-state index >= 15 is 0 Å². The number of carbonyl (C=O) groups excluding carboxylic acids is 2. The first-order valence-corrected chi connectivity index (χ1v) is 9.37. The highest BCUT2D eigenvalue weighted by molar-refractivity contribution is 7.16. The molecule has 4 rings (SSSR count). The molecule has 1 heterocycles. The van der Waals surface area contributed by atoms with Crippen molar-refractivity contribution in [2.45, 2.75) is 32.1 Å². The van der Waals surface area contributed by atoms with E-state index in [4.69, 9.17) is 0 Å².